The Morgan fingerprint density at radius 2 is 0.700 bits per heavy atom. The lowest BCUT2D eigenvalue weighted by Gasteiger charge is -2.13. The Hall–Kier alpha value is -7.90. The molecule has 10 heteroatoms. The van der Waals surface area contributed by atoms with E-state index in [1.54, 1.807) is 0 Å². The number of nitrogens with zero attached hydrogens (tertiary/aromatic N) is 8. The molecule has 0 radical (unpaired) electrons. The van der Waals surface area contributed by atoms with Crippen LogP contribution < -0.4 is 0 Å². The van der Waals surface area contributed by atoms with Gasteiger partial charge in [0.05, 0.1) is 22.8 Å². The second kappa shape index (κ2) is 15.1. The summed E-state index contributed by atoms with van der Waals surface area (Å²) in [5.41, 5.74) is 41.0. The molecular weight excluding hydrogens is 741 g/mol. The van der Waals surface area contributed by atoms with Gasteiger partial charge in [0, 0.05) is 65.5 Å². The van der Waals surface area contributed by atoms with Crippen LogP contribution in [0.25, 0.3) is 112 Å². The van der Waals surface area contributed by atoms with Gasteiger partial charge in [0.2, 0.25) is 0 Å². The van der Waals surface area contributed by atoms with Crippen LogP contribution in [0.1, 0.15) is 56.2 Å². The Balaban J connectivity index is 1.49. The minimum Gasteiger partial charge on any atom is -0.354 e. The molecular formula is C50H40N10. The summed E-state index contributed by atoms with van der Waals surface area (Å²) < 4.78 is 0. The molecule has 0 spiro atoms. The number of aromatic nitrogens is 4. The Bertz CT molecular complexity index is 2990. The van der Waals surface area contributed by atoms with Crippen LogP contribution in [0, 0.1) is 41.5 Å². The number of aryl methyl sites for hydroxylation is 6. The van der Waals surface area contributed by atoms with Gasteiger partial charge in [0.25, 0.3) is 0 Å². The van der Waals surface area contributed by atoms with Crippen molar-refractivity contribution in [1.82, 2.24) is 19.9 Å². The number of fused-ring (bicyclic) bond motifs is 8. The zero-order valence-corrected chi connectivity index (χ0v) is 34.1. The summed E-state index contributed by atoms with van der Waals surface area (Å²) in [6.07, 6.45) is 8.36. The molecule has 0 saturated carbocycles. The fourth-order valence-corrected chi connectivity index (χ4v) is 8.98. The van der Waals surface area contributed by atoms with Gasteiger partial charge < -0.3 is 9.97 Å². The zero-order valence-electron chi connectivity index (χ0n) is 34.1. The monoisotopic (exact) mass is 780 g/mol. The predicted molar refractivity (Wildman–Crippen MR) is 247 cm³/mol. The molecule has 2 aliphatic heterocycles. The molecule has 0 aliphatic carbocycles. The standard InChI is InChI=1S/C50H40N10/c1-27-23-29(3)45(30(4)24-27)49-41-19-15-37(53-41)47(33-7-11-35(12-8-33)57-59-51)39-17-21-43(55-39)50(46-31(5)25-28(2)26-32(46)6)44-22-18-40(56-44)48(38-16-20-42(49)54-38)34-9-13-36(14-10-34)58-60-52/h7-26,53,56H,1-6H3. The van der Waals surface area contributed by atoms with Crippen molar-refractivity contribution in [2.24, 2.45) is 10.2 Å². The van der Waals surface area contributed by atoms with Crippen LogP contribution in [0.3, 0.4) is 0 Å². The third-order valence-electron chi connectivity index (χ3n) is 11.2. The van der Waals surface area contributed by atoms with E-state index < -0.39 is 0 Å². The smallest absolute Gasteiger partial charge is 0.0737 e. The van der Waals surface area contributed by atoms with Crippen molar-refractivity contribution in [2.45, 2.75) is 41.5 Å². The minimum atomic E-state index is 0.531. The normalized spacial score (nSPS) is 11.7. The highest BCUT2D eigenvalue weighted by molar-refractivity contribution is 6.01. The molecule has 2 aliphatic rings. The van der Waals surface area contributed by atoms with E-state index >= 15 is 0 Å². The first kappa shape index (κ1) is 37.7. The van der Waals surface area contributed by atoms with E-state index in [2.05, 4.69) is 144 Å². The molecule has 0 atom stereocenters. The highest BCUT2D eigenvalue weighted by Crippen LogP contribution is 2.41. The van der Waals surface area contributed by atoms with Gasteiger partial charge in [-0.05, 0) is 146 Å². The number of nitrogens with one attached hydrogen (secondary N) is 2. The molecule has 0 fully saturated rings. The van der Waals surface area contributed by atoms with Crippen LogP contribution in [-0.2, 0) is 0 Å². The van der Waals surface area contributed by atoms with Gasteiger partial charge in [-0.25, -0.2) is 9.97 Å². The molecule has 60 heavy (non-hydrogen) atoms. The van der Waals surface area contributed by atoms with Gasteiger partial charge in [0.15, 0.2) is 0 Å². The Labute approximate surface area is 346 Å². The van der Waals surface area contributed by atoms with Crippen molar-refractivity contribution >= 4 is 57.7 Å². The average Bonchev–Trinajstić information content (AvgIpc) is 4.06. The molecule has 3 aromatic heterocycles. The highest BCUT2D eigenvalue weighted by atomic mass is 15.1. The van der Waals surface area contributed by atoms with E-state index in [9.17, 15) is 0 Å². The lowest BCUT2D eigenvalue weighted by Crippen LogP contribution is -1.94. The third kappa shape index (κ3) is 6.72. The van der Waals surface area contributed by atoms with E-state index in [1.807, 2.05) is 48.5 Å². The largest absolute Gasteiger partial charge is 0.354 e. The van der Waals surface area contributed by atoms with Gasteiger partial charge in [-0.2, -0.15) is 0 Å². The van der Waals surface area contributed by atoms with Crippen molar-refractivity contribution in [1.29, 1.82) is 0 Å². The fraction of sp³-hybridized carbons (Fsp3) is 0.120. The molecule has 0 saturated heterocycles. The first-order valence-corrected chi connectivity index (χ1v) is 19.7. The molecule has 290 valence electrons. The maximum absolute atomic E-state index is 9.15. The van der Waals surface area contributed by atoms with Crippen LogP contribution in [-0.4, -0.2) is 19.9 Å². The minimum absolute atomic E-state index is 0.531. The van der Waals surface area contributed by atoms with Crippen molar-refractivity contribution in [2.75, 3.05) is 0 Å². The number of azide groups is 2. The van der Waals surface area contributed by atoms with Crippen molar-refractivity contribution in [3.05, 3.63) is 174 Å². The van der Waals surface area contributed by atoms with Gasteiger partial charge in [-0.15, -0.1) is 0 Å². The number of aromatic amines is 2. The predicted octanol–water partition coefficient (Wildman–Crippen LogP) is 15.1. The first-order valence-electron chi connectivity index (χ1n) is 19.7. The molecule has 8 bridgehead atoms. The Morgan fingerprint density at radius 1 is 0.400 bits per heavy atom. The molecule has 10 nitrogen and oxygen atoms in total. The summed E-state index contributed by atoms with van der Waals surface area (Å²) in [6.45, 7) is 12.9. The molecule has 0 amide bonds. The van der Waals surface area contributed by atoms with E-state index in [0.717, 1.165) is 112 Å². The SMILES string of the molecule is Cc1cc(C)c(-c2c3nc(c(-c4ccc(N=[N+]=[N-])cc4)c4ccc([nH]4)c(-c4c(C)cc(C)cc4C)c4nc(c(-c5ccc(N=[N+]=[N-])cc5)c5ccc2[nH]5)C=C4)C=C3)c(C)c1. The van der Waals surface area contributed by atoms with Gasteiger partial charge in [0.1, 0.15) is 0 Å². The van der Waals surface area contributed by atoms with Crippen LogP contribution in [0.2, 0.25) is 0 Å². The summed E-state index contributed by atoms with van der Waals surface area (Å²) in [4.78, 5) is 24.6. The van der Waals surface area contributed by atoms with E-state index in [4.69, 9.17) is 21.0 Å². The lowest BCUT2D eigenvalue weighted by molar-refractivity contribution is 1.28. The number of benzene rings is 4. The lowest BCUT2D eigenvalue weighted by atomic mass is 9.92. The molecule has 0 unspecified atom stereocenters. The van der Waals surface area contributed by atoms with E-state index in [1.165, 1.54) is 11.1 Å². The van der Waals surface area contributed by atoms with Gasteiger partial charge in [-0.1, -0.05) is 94.2 Å². The molecule has 7 aromatic rings. The Morgan fingerprint density at radius 3 is 1.02 bits per heavy atom. The first-order chi connectivity index (χ1) is 29.1. The number of H-pyrrole nitrogens is 2. The summed E-state index contributed by atoms with van der Waals surface area (Å²) in [7, 11) is 0. The summed E-state index contributed by atoms with van der Waals surface area (Å²) in [6, 6.07) is 32.6. The second-order valence-electron chi connectivity index (χ2n) is 15.5. The number of hydrogen-bond acceptors (Lipinski definition) is 4. The van der Waals surface area contributed by atoms with Gasteiger partial charge in [-0.3, -0.25) is 0 Å². The van der Waals surface area contributed by atoms with E-state index in [0.29, 0.717) is 11.4 Å². The molecule has 5 heterocycles. The number of rotatable bonds is 6. The second-order valence-corrected chi connectivity index (χ2v) is 15.5. The molecule has 9 rings (SSSR count). The highest BCUT2D eigenvalue weighted by Gasteiger charge is 2.21. The quantitative estimate of drug-likeness (QED) is 0.0979. The fourth-order valence-electron chi connectivity index (χ4n) is 8.98. The summed E-state index contributed by atoms with van der Waals surface area (Å²) in [5, 5.41) is 7.67. The van der Waals surface area contributed by atoms with Gasteiger partial charge >= 0.3 is 0 Å². The van der Waals surface area contributed by atoms with Crippen LogP contribution in [0.4, 0.5) is 11.4 Å². The van der Waals surface area contributed by atoms with Crippen LogP contribution in [0.15, 0.2) is 107 Å². The molecule has 2 N–H and O–H groups in total. The van der Waals surface area contributed by atoms with Crippen LogP contribution in [0.5, 0.6) is 0 Å². The third-order valence-corrected chi connectivity index (χ3v) is 11.2. The zero-order chi connectivity index (χ0) is 41.7. The maximum atomic E-state index is 9.15. The average molecular weight is 781 g/mol. The maximum Gasteiger partial charge on any atom is 0.0737 e. The number of hydrogen-bond donors (Lipinski definition) is 2. The summed E-state index contributed by atoms with van der Waals surface area (Å²) >= 11 is 0. The summed E-state index contributed by atoms with van der Waals surface area (Å²) in [5.74, 6) is 0. The van der Waals surface area contributed by atoms with E-state index in [-0.39, 0.29) is 0 Å². The van der Waals surface area contributed by atoms with Crippen molar-refractivity contribution in [3.8, 4) is 44.5 Å². The molecule has 4 aromatic carbocycles. The van der Waals surface area contributed by atoms with Crippen LogP contribution >= 0.6 is 0 Å². The van der Waals surface area contributed by atoms with Crippen molar-refractivity contribution in [3.63, 3.8) is 0 Å². The topological polar surface area (TPSA) is 155 Å². The van der Waals surface area contributed by atoms with Crippen molar-refractivity contribution < 1.29 is 0 Å². The Kier molecular flexibility index (Phi) is 9.49.